The number of rotatable bonds is 6. The molecule has 0 saturated heterocycles. The second-order valence-electron chi connectivity index (χ2n) is 4.52. The van der Waals surface area contributed by atoms with E-state index >= 15 is 0 Å². The van der Waals surface area contributed by atoms with Crippen LogP contribution in [0.2, 0.25) is 0 Å². The molecule has 1 aromatic rings. The Morgan fingerprint density at radius 3 is 2.58 bits per heavy atom. The van der Waals surface area contributed by atoms with Gasteiger partial charge in [-0.05, 0) is 30.5 Å². The lowest BCUT2D eigenvalue weighted by Gasteiger charge is -2.19. The summed E-state index contributed by atoms with van der Waals surface area (Å²) < 4.78 is 40.1. The van der Waals surface area contributed by atoms with E-state index in [-0.39, 0.29) is 24.3 Å². The van der Waals surface area contributed by atoms with Gasteiger partial charge in [-0.3, -0.25) is 0 Å². The molecule has 0 heterocycles. The highest BCUT2D eigenvalue weighted by Crippen LogP contribution is 2.23. The van der Waals surface area contributed by atoms with E-state index in [1.54, 1.807) is 6.07 Å². The topological polar surface area (TPSA) is 41.5 Å². The normalized spacial score (nSPS) is 15.1. The van der Waals surface area contributed by atoms with Crippen LogP contribution in [-0.4, -0.2) is 24.1 Å². The smallest absolute Gasteiger partial charge is 0.406 e. The molecular formula is C13H18F3NO2. The van der Waals surface area contributed by atoms with Crippen LogP contribution in [0.5, 0.6) is 5.75 Å². The highest BCUT2D eigenvalue weighted by molar-refractivity contribution is 5.28. The van der Waals surface area contributed by atoms with Crippen molar-refractivity contribution < 1.29 is 23.0 Å². The van der Waals surface area contributed by atoms with Crippen molar-refractivity contribution in [1.82, 2.24) is 5.32 Å². The molecule has 2 N–H and O–H groups in total. The van der Waals surface area contributed by atoms with Crippen LogP contribution < -0.4 is 10.1 Å². The van der Waals surface area contributed by atoms with E-state index in [1.165, 1.54) is 18.2 Å². The highest BCUT2D eigenvalue weighted by atomic mass is 19.4. The Hall–Kier alpha value is -1.27. The lowest BCUT2D eigenvalue weighted by Crippen LogP contribution is -2.33. The molecule has 0 saturated carbocycles. The van der Waals surface area contributed by atoms with Crippen molar-refractivity contribution in [1.29, 1.82) is 0 Å². The van der Waals surface area contributed by atoms with Crippen molar-refractivity contribution in [2.45, 2.75) is 32.8 Å². The van der Waals surface area contributed by atoms with Gasteiger partial charge in [0.25, 0.3) is 0 Å². The molecule has 108 valence electrons. The number of hydrogen-bond acceptors (Lipinski definition) is 3. The SMILES string of the molecule is CC(CO)C(C)NCc1cccc(OC(F)(F)F)c1. The molecule has 19 heavy (non-hydrogen) atoms. The zero-order chi connectivity index (χ0) is 14.5. The standard InChI is InChI=1S/C13H18F3NO2/c1-9(8-18)10(2)17-7-11-4-3-5-12(6-11)19-13(14,15)16/h3-6,9-10,17-18H,7-8H2,1-2H3. The number of halogens is 3. The minimum Gasteiger partial charge on any atom is -0.406 e. The Morgan fingerprint density at radius 2 is 2.00 bits per heavy atom. The Morgan fingerprint density at radius 1 is 1.32 bits per heavy atom. The molecule has 0 radical (unpaired) electrons. The molecule has 0 fully saturated rings. The third kappa shape index (κ3) is 5.94. The molecule has 0 aliphatic rings. The Labute approximate surface area is 110 Å². The molecule has 1 aromatic carbocycles. The van der Waals surface area contributed by atoms with Gasteiger partial charge in [0.1, 0.15) is 5.75 Å². The molecular weight excluding hydrogens is 259 g/mol. The molecule has 0 aromatic heterocycles. The second kappa shape index (κ2) is 6.77. The Bertz CT molecular complexity index is 396. The van der Waals surface area contributed by atoms with Crippen LogP contribution in [0.15, 0.2) is 24.3 Å². The number of ether oxygens (including phenoxy) is 1. The summed E-state index contributed by atoms with van der Waals surface area (Å²) in [5, 5.41) is 12.1. The maximum absolute atomic E-state index is 12.1. The first-order valence-corrected chi connectivity index (χ1v) is 6.00. The van der Waals surface area contributed by atoms with E-state index in [2.05, 4.69) is 10.1 Å². The van der Waals surface area contributed by atoms with Crippen molar-refractivity contribution in [3.63, 3.8) is 0 Å². The van der Waals surface area contributed by atoms with Gasteiger partial charge in [0.15, 0.2) is 0 Å². The monoisotopic (exact) mass is 277 g/mol. The number of benzene rings is 1. The van der Waals surface area contributed by atoms with E-state index in [0.717, 1.165) is 0 Å². The first kappa shape index (κ1) is 15.8. The van der Waals surface area contributed by atoms with Gasteiger partial charge in [0, 0.05) is 19.2 Å². The van der Waals surface area contributed by atoms with E-state index in [0.29, 0.717) is 12.1 Å². The van der Waals surface area contributed by atoms with E-state index in [4.69, 9.17) is 5.11 Å². The van der Waals surface area contributed by atoms with Crippen LogP contribution in [0.4, 0.5) is 13.2 Å². The van der Waals surface area contributed by atoms with Gasteiger partial charge in [-0.1, -0.05) is 19.1 Å². The maximum Gasteiger partial charge on any atom is 0.573 e. The van der Waals surface area contributed by atoms with Gasteiger partial charge in [-0.25, -0.2) is 0 Å². The van der Waals surface area contributed by atoms with Gasteiger partial charge in [-0.15, -0.1) is 13.2 Å². The van der Waals surface area contributed by atoms with Crippen molar-refractivity contribution in [2.24, 2.45) is 5.92 Å². The summed E-state index contributed by atoms with van der Waals surface area (Å²) in [6.45, 7) is 4.28. The summed E-state index contributed by atoms with van der Waals surface area (Å²) in [5.41, 5.74) is 0.693. The minimum atomic E-state index is -4.68. The lowest BCUT2D eigenvalue weighted by molar-refractivity contribution is -0.274. The summed E-state index contributed by atoms with van der Waals surface area (Å²) in [7, 11) is 0. The molecule has 0 bridgehead atoms. The van der Waals surface area contributed by atoms with Gasteiger partial charge >= 0.3 is 6.36 Å². The predicted octanol–water partition coefficient (Wildman–Crippen LogP) is 2.69. The quantitative estimate of drug-likeness (QED) is 0.840. The van der Waals surface area contributed by atoms with E-state index in [9.17, 15) is 13.2 Å². The lowest BCUT2D eigenvalue weighted by atomic mass is 10.0. The average molecular weight is 277 g/mol. The van der Waals surface area contributed by atoms with Crippen molar-refractivity contribution >= 4 is 0 Å². The summed E-state index contributed by atoms with van der Waals surface area (Å²) in [4.78, 5) is 0. The van der Waals surface area contributed by atoms with Crippen LogP contribution in [0.1, 0.15) is 19.4 Å². The molecule has 0 spiro atoms. The number of aliphatic hydroxyl groups excluding tert-OH is 1. The number of alkyl halides is 3. The van der Waals surface area contributed by atoms with E-state index < -0.39 is 6.36 Å². The summed E-state index contributed by atoms with van der Waals surface area (Å²) in [6.07, 6.45) is -4.68. The Balaban J connectivity index is 2.58. The number of aliphatic hydroxyl groups is 1. The fourth-order valence-electron chi connectivity index (χ4n) is 1.49. The van der Waals surface area contributed by atoms with E-state index in [1.807, 2.05) is 13.8 Å². The van der Waals surface area contributed by atoms with Crippen LogP contribution in [0, 0.1) is 5.92 Å². The molecule has 6 heteroatoms. The summed E-state index contributed by atoms with van der Waals surface area (Å²) in [6, 6.07) is 5.90. The van der Waals surface area contributed by atoms with Crippen molar-refractivity contribution in [3.05, 3.63) is 29.8 Å². The fourth-order valence-corrected chi connectivity index (χ4v) is 1.49. The predicted molar refractivity (Wildman–Crippen MR) is 65.7 cm³/mol. The Kier molecular flexibility index (Phi) is 5.62. The van der Waals surface area contributed by atoms with Gasteiger partial charge < -0.3 is 15.2 Å². The van der Waals surface area contributed by atoms with Crippen LogP contribution >= 0.6 is 0 Å². The number of nitrogens with one attached hydrogen (secondary N) is 1. The first-order valence-electron chi connectivity index (χ1n) is 6.00. The van der Waals surface area contributed by atoms with Crippen molar-refractivity contribution in [3.8, 4) is 5.75 Å². The third-order valence-corrected chi connectivity index (χ3v) is 2.90. The molecule has 0 aliphatic carbocycles. The first-order chi connectivity index (χ1) is 8.81. The van der Waals surface area contributed by atoms with Crippen molar-refractivity contribution in [2.75, 3.05) is 6.61 Å². The summed E-state index contributed by atoms with van der Waals surface area (Å²) >= 11 is 0. The van der Waals surface area contributed by atoms with Crippen LogP contribution in [0.25, 0.3) is 0 Å². The van der Waals surface area contributed by atoms with Gasteiger partial charge in [-0.2, -0.15) is 0 Å². The van der Waals surface area contributed by atoms with Crippen LogP contribution in [-0.2, 0) is 6.54 Å². The zero-order valence-corrected chi connectivity index (χ0v) is 10.9. The molecule has 0 aliphatic heterocycles. The zero-order valence-electron chi connectivity index (χ0n) is 10.9. The molecule has 2 atom stereocenters. The molecule has 2 unspecified atom stereocenters. The average Bonchev–Trinajstić information content (AvgIpc) is 2.33. The second-order valence-corrected chi connectivity index (χ2v) is 4.52. The molecule has 3 nitrogen and oxygen atoms in total. The molecule has 0 amide bonds. The fraction of sp³-hybridized carbons (Fsp3) is 0.538. The number of hydrogen-bond donors (Lipinski definition) is 2. The highest BCUT2D eigenvalue weighted by Gasteiger charge is 2.31. The largest absolute Gasteiger partial charge is 0.573 e. The van der Waals surface area contributed by atoms with Gasteiger partial charge in [0.05, 0.1) is 0 Å². The molecule has 1 rings (SSSR count). The third-order valence-electron chi connectivity index (χ3n) is 2.90. The van der Waals surface area contributed by atoms with Gasteiger partial charge in [0.2, 0.25) is 0 Å². The van der Waals surface area contributed by atoms with Crippen LogP contribution in [0.3, 0.4) is 0 Å². The maximum atomic E-state index is 12.1. The minimum absolute atomic E-state index is 0.0609. The summed E-state index contributed by atoms with van der Waals surface area (Å²) in [5.74, 6) is -0.149.